The number of piperidine rings is 1. The molecule has 1 fully saturated rings. The largest absolute Gasteiger partial charge is 0.312 e. The third-order valence-electron chi connectivity index (χ3n) is 3.97. The third kappa shape index (κ3) is 4.34. The van der Waals surface area contributed by atoms with Gasteiger partial charge in [0.2, 0.25) is 0 Å². The number of rotatable bonds is 5. The summed E-state index contributed by atoms with van der Waals surface area (Å²) in [6, 6.07) is 10.0. The van der Waals surface area contributed by atoms with Crippen molar-refractivity contribution in [2.24, 2.45) is 5.92 Å². The van der Waals surface area contributed by atoms with Crippen LogP contribution in [0.15, 0.2) is 24.3 Å². The highest BCUT2D eigenvalue weighted by Gasteiger charge is 2.17. The minimum Gasteiger partial charge on any atom is -0.312 e. The van der Waals surface area contributed by atoms with Crippen molar-refractivity contribution in [3.05, 3.63) is 35.4 Å². The average molecular weight is 257 g/mol. The van der Waals surface area contributed by atoms with E-state index in [1.165, 1.54) is 38.0 Å². The Bertz CT molecular complexity index is 428. The summed E-state index contributed by atoms with van der Waals surface area (Å²) in [6.45, 7) is 7.86. The van der Waals surface area contributed by atoms with Crippen molar-refractivity contribution >= 4 is 0 Å². The van der Waals surface area contributed by atoms with Crippen molar-refractivity contribution in [1.29, 1.82) is 5.26 Å². The molecule has 1 aliphatic rings. The first-order chi connectivity index (χ1) is 9.31. The van der Waals surface area contributed by atoms with Gasteiger partial charge >= 0.3 is 0 Å². The molecule has 0 atom stereocenters. The van der Waals surface area contributed by atoms with E-state index < -0.39 is 0 Å². The number of benzene rings is 1. The second-order valence-electron chi connectivity index (χ2n) is 5.32. The molecule has 0 saturated carbocycles. The normalized spacial score (nSPS) is 17.3. The number of hydrogen-bond donors (Lipinski definition) is 1. The van der Waals surface area contributed by atoms with E-state index in [1.54, 1.807) is 0 Å². The van der Waals surface area contributed by atoms with Gasteiger partial charge in [0, 0.05) is 6.54 Å². The average Bonchev–Trinajstić information content (AvgIpc) is 2.48. The van der Waals surface area contributed by atoms with Gasteiger partial charge in [-0.05, 0) is 62.6 Å². The molecule has 19 heavy (non-hydrogen) atoms. The highest BCUT2D eigenvalue weighted by atomic mass is 15.1. The predicted octanol–water partition coefficient (Wildman–Crippen LogP) is 2.38. The van der Waals surface area contributed by atoms with Crippen LogP contribution in [0, 0.1) is 17.2 Å². The van der Waals surface area contributed by atoms with Crippen molar-refractivity contribution in [2.45, 2.75) is 26.3 Å². The molecule has 102 valence electrons. The van der Waals surface area contributed by atoms with Crippen LogP contribution in [-0.4, -0.2) is 31.1 Å². The summed E-state index contributed by atoms with van der Waals surface area (Å²) in [5.41, 5.74) is 1.94. The number of nitriles is 1. The molecule has 0 bridgehead atoms. The quantitative estimate of drug-likeness (QED) is 0.880. The molecule has 1 aliphatic heterocycles. The summed E-state index contributed by atoms with van der Waals surface area (Å²) in [5, 5.41) is 12.4. The third-order valence-corrected chi connectivity index (χ3v) is 3.97. The Labute approximate surface area is 116 Å². The van der Waals surface area contributed by atoms with Crippen LogP contribution in [0.2, 0.25) is 0 Å². The van der Waals surface area contributed by atoms with Gasteiger partial charge < -0.3 is 10.2 Å². The molecule has 0 aliphatic carbocycles. The molecular weight excluding hydrogens is 234 g/mol. The lowest BCUT2D eigenvalue weighted by Crippen LogP contribution is -2.36. The van der Waals surface area contributed by atoms with E-state index in [0.717, 1.165) is 24.6 Å². The van der Waals surface area contributed by atoms with Gasteiger partial charge in [-0.2, -0.15) is 5.26 Å². The fourth-order valence-corrected chi connectivity index (χ4v) is 2.68. The van der Waals surface area contributed by atoms with E-state index >= 15 is 0 Å². The topological polar surface area (TPSA) is 39.1 Å². The Hall–Kier alpha value is -1.37. The van der Waals surface area contributed by atoms with Gasteiger partial charge in [0.1, 0.15) is 0 Å². The maximum atomic E-state index is 8.86. The van der Waals surface area contributed by atoms with Gasteiger partial charge in [-0.25, -0.2) is 0 Å². The summed E-state index contributed by atoms with van der Waals surface area (Å²) in [4.78, 5) is 2.52. The van der Waals surface area contributed by atoms with Crippen molar-refractivity contribution in [3.8, 4) is 6.07 Å². The van der Waals surface area contributed by atoms with E-state index in [2.05, 4.69) is 29.3 Å². The van der Waals surface area contributed by atoms with Crippen LogP contribution in [0.5, 0.6) is 0 Å². The maximum absolute atomic E-state index is 8.86. The SMILES string of the molecule is CCN1CCC(CNCc2cccc(C#N)c2)CC1. The minimum absolute atomic E-state index is 0.746. The lowest BCUT2D eigenvalue weighted by atomic mass is 9.97. The van der Waals surface area contributed by atoms with Gasteiger partial charge in [-0.1, -0.05) is 19.1 Å². The molecular formula is C16H23N3. The Balaban J connectivity index is 1.70. The van der Waals surface area contributed by atoms with Crippen molar-refractivity contribution < 1.29 is 0 Å². The minimum atomic E-state index is 0.746. The van der Waals surface area contributed by atoms with Crippen LogP contribution < -0.4 is 5.32 Å². The maximum Gasteiger partial charge on any atom is 0.0991 e. The molecule has 0 spiro atoms. The van der Waals surface area contributed by atoms with Crippen LogP contribution in [0.3, 0.4) is 0 Å². The first-order valence-corrected chi connectivity index (χ1v) is 7.24. The lowest BCUT2D eigenvalue weighted by molar-refractivity contribution is 0.190. The zero-order chi connectivity index (χ0) is 13.5. The second kappa shape index (κ2) is 7.28. The van der Waals surface area contributed by atoms with Crippen LogP contribution in [-0.2, 0) is 6.54 Å². The molecule has 0 unspecified atom stereocenters. The molecule has 1 N–H and O–H groups in total. The lowest BCUT2D eigenvalue weighted by Gasteiger charge is -2.31. The number of nitrogens with zero attached hydrogens (tertiary/aromatic N) is 2. The molecule has 0 aromatic heterocycles. The first kappa shape index (κ1) is 14.0. The smallest absolute Gasteiger partial charge is 0.0991 e. The van der Waals surface area contributed by atoms with E-state index in [9.17, 15) is 0 Å². The number of nitrogens with one attached hydrogen (secondary N) is 1. The number of hydrogen-bond acceptors (Lipinski definition) is 3. The van der Waals surface area contributed by atoms with E-state index in [4.69, 9.17) is 5.26 Å². The van der Waals surface area contributed by atoms with Gasteiger partial charge in [0.25, 0.3) is 0 Å². The Morgan fingerprint density at radius 2 is 2.16 bits per heavy atom. The summed E-state index contributed by atoms with van der Waals surface area (Å²) < 4.78 is 0. The summed E-state index contributed by atoms with van der Waals surface area (Å²) >= 11 is 0. The Morgan fingerprint density at radius 3 is 2.84 bits per heavy atom. The molecule has 1 aromatic carbocycles. The molecule has 3 heteroatoms. The summed E-state index contributed by atoms with van der Waals surface area (Å²) in [7, 11) is 0. The molecule has 0 amide bonds. The first-order valence-electron chi connectivity index (χ1n) is 7.24. The van der Waals surface area contributed by atoms with E-state index in [1.807, 2.05) is 18.2 Å². The standard InChI is InChI=1S/C16H23N3/c1-2-19-8-6-14(7-9-19)12-18-13-16-5-3-4-15(10-16)11-17/h3-5,10,14,18H,2,6-9,12-13H2,1H3. The van der Waals surface area contributed by atoms with E-state index in [0.29, 0.717) is 0 Å². The highest BCUT2D eigenvalue weighted by Crippen LogP contribution is 2.16. The van der Waals surface area contributed by atoms with Crippen molar-refractivity contribution in [1.82, 2.24) is 10.2 Å². The molecule has 1 heterocycles. The van der Waals surface area contributed by atoms with Gasteiger partial charge in [-0.15, -0.1) is 0 Å². The fraction of sp³-hybridized carbons (Fsp3) is 0.562. The summed E-state index contributed by atoms with van der Waals surface area (Å²) in [5.74, 6) is 0.807. The van der Waals surface area contributed by atoms with Crippen LogP contribution in [0.4, 0.5) is 0 Å². The van der Waals surface area contributed by atoms with E-state index in [-0.39, 0.29) is 0 Å². The molecule has 2 rings (SSSR count). The van der Waals surface area contributed by atoms with Gasteiger partial charge in [-0.3, -0.25) is 0 Å². The van der Waals surface area contributed by atoms with Crippen molar-refractivity contribution in [2.75, 3.05) is 26.2 Å². The number of likely N-dealkylation sites (tertiary alicyclic amines) is 1. The molecule has 1 saturated heterocycles. The van der Waals surface area contributed by atoms with Crippen LogP contribution in [0.1, 0.15) is 30.9 Å². The monoisotopic (exact) mass is 257 g/mol. The molecule has 3 nitrogen and oxygen atoms in total. The van der Waals surface area contributed by atoms with Crippen LogP contribution >= 0.6 is 0 Å². The Kier molecular flexibility index (Phi) is 5.38. The second-order valence-corrected chi connectivity index (χ2v) is 5.32. The zero-order valence-electron chi connectivity index (χ0n) is 11.7. The van der Waals surface area contributed by atoms with Gasteiger partial charge in [0.15, 0.2) is 0 Å². The zero-order valence-corrected chi connectivity index (χ0v) is 11.7. The van der Waals surface area contributed by atoms with Crippen LogP contribution in [0.25, 0.3) is 0 Å². The summed E-state index contributed by atoms with van der Waals surface area (Å²) in [6.07, 6.45) is 2.61. The predicted molar refractivity (Wildman–Crippen MR) is 77.7 cm³/mol. The highest BCUT2D eigenvalue weighted by molar-refractivity contribution is 5.32. The molecule has 1 aromatic rings. The van der Waals surface area contributed by atoms with Gasteiger partial charge in [0.05, 0.1) is 11.6 Å². The Morgan fingerprint density at radius 1 is 1.37 bits per heavy atom. The molecule has 0 radical (unpaired) electrons. The van der Waals surface area contributed by atoms with Crippen molar-refractivity contribution in [3.63, 3.8) is 0 Å². The fourth-order valence-electron chi connectivity index (χ4n) is 2.68.